The number of nitrogens with zero attached hydrogens (tertiary/aromatic N) is 1. The number of anilines is 1. The molecule has 4 heteroatoms. The lowest BCUT2D eigenvalue weighted by Gasteiger charge is -2.43. The second kappa shape index (κ2) is 6.49. The van der Waals surface area contributed by atoms with Crippen molar-refractivity contribution in [2.45, 2.75) is 37.8 Å². The lowest BCUT2D eigenvalue weighted by molar-refractivity contribution is -0.137. The van der Waals surface area contributed by atoms with E-state index < -0.39 is 0 Å². The summed E-state index contributed by atoms with van der Waals surface area (Å²) in [6.45, 7) is 4.14. The molecule has 0 saturated carbocycles. The molecule has 5 rings (SSSR count). The first-order chi connectivity index (χ1) is 13.6. The Morgan fingerprint density at radius 1 is 1.18 bits per heavy atom. The van der Waals surface area contributed by atoms with Gasteiger partial charge in [-0.25, -0.2) is 4.79 Å². The van der Waals surface area contributed by atoms with Crippen LogP contribution in [0.1, 0.15) is 30.9 Å². The fourth-order valence-electron chi connectivity index (χ4n) is 5.70. The molecule has 1 saturated heterocycles. The van der Waals surface area contributed by atoms with Gasteiger partial charge < -0.3 is 10.1 Å². The number of esters is 1. The van der Waals surface area contributed by atoms with E-state index in [-0.39, 0.29) is 17.3 Å². The molecule has 0 amide bonds. The van der Waals surface area contributed by atoms with Crippen LogP contribution in [0.25, 0.3) is 0 Å². The van der Waals surface area contributed by atoms with E-state index >= 15 is 0 Å². The van der Waals surface area contributed by atoms with Gasteiger partial charge in [0.2, 0.25) is 0 Å². The third-order valence-electron chi connectivity index (χ3n) is 6.89. The maximum Gasteiger partial charge on any atom is 0.335 e. The average molecular weight is 374 g/mol. The van der Waals surface area contributed by atoms with Crippen LogP contribution in [0.15, 0.2) is 65.9 Å². The Morgan fingerprint density at radius 2 is 1.93 bits per heavy atom. The highest BCUT2D eigenvalue weighted by atomic mass is 16.5. The smallest absolute Gasteiger partial charge is 0.335 e. The first-order valence-corrected chi connectivity index (χ1v) is 10.1. The number of rotatable bonds is 3. The largest absolute Gasteiger partial charge is 0.466 e. The molecule has 3 aliphatic rings. The molecule has 144 valence electrons. The molecule has 2 aromatic carbocycles. The number of hydrogen-bond donors (Lipinski definition) is 1. The zero-order chi connectivity index (χ0) is 19.3. The van der Waals surface area contributed by atoms with Crippen LogP contribution in [0.5, 0.6) is 0 Å². The Balaban J connectivity index is 1.63. The zero-order valence-corrected chi connectivity index (χ0v) is 16.4. The van der Waals surface area contributed by atoms with Gasteiger partial charge in [0.25, 0.3) is 0 Å². The van der Waals surface area contributed by atoms with Crippen LogP contribution in [0, 0.1) is 5.92 Å². The third-order valence-corrected chi connectivity index (χ3v) is 6.89. The van der Waals surface area contributed by atoms with E-state index in [4.69, 9.17) is 4.74 Å². The predicted octanol–water partition coefficient (Wildman–Crippen LogP) is 4.09. The minimum Gasteiger partial charge on any atom is -0.466 e. The van der Waals surface area contributed by atoms with Gasteiger partial charge in [0, 0.05) is 30.5 Å². The van der Waals surface area contributed by atoms with E-state index in [1.54, 1.807) is 0 Å². The summed E-state index contributed by atoms with van der Waals surface area (Å²) in [7, 11) is 1.49. The van der Waals surface area contributed by atoms with Crippen LogP contribution in [-0.4, -0.2) is 30.6 Å². The normalized spacial score (nSPS) is 28.4. The van der Waals surface area contributed by atoms with Crippen LogP contribution in [-0.2, 0) is 21.5 Å². The van der Waals surface area contributed by atoms with Gasteiger partial charge >= 0.3 is 5.97 Å². The number of carbonyl (C=O) groups excluding carboxylic acids is 1. The Labute approximate surface area is 166 Å². The molecule has 3 atom stereocenters. The second-order valence-corrected chi connectivity index (χ2v) is 8.28. The lowest BCUT2D eigenvalue weighted by atomic mass is 9.64. The molecule has 2 aliphatic heterocycles. The summed E-state index contributed by atoms with van der Waals surface area (Å²) in [6.07, 6.45) is 1.99. The molecule has 1 fully saturated rings. The van der Waals surface area contributed by atoms with Gasteiger partial charge in [0.15, 0.2) is 0 Å². The zero-order valence-electron chi connectivity index (χ0n) is 16.4. The molecule has 2 aromatic rings. The molecule has 1 spiro atoms. The van der Waals surface area contributed by atoms with Crippen molar-refractivity contribution in [1.82, 2.24) is 4.90 Å². The molecule has 0 radical (unpaired) electrons. The van der Waals surface area contributed by atoms with Crippen LogP contribution in [0.3, 0.4) is 0 Å². The minimum atomic E-state index is -0.192. The number of hydrogen-bond acceptors (Lipinski definition) is 4. The van der Waals surface area contributed by atoms with Gasteiger partial charge in [0.1, 0.15) is 0 Å². The molecule has 28 heavy (non-hydrogen) atoms. The van der Waals surface area contributed by atoms with Crippen molar-refractivity contribution in [3.05, 3.63) is 77.0 Å². The number of methoxy groups -OCH3 is 1. The van der Waals surface area contributed by atoms with E-state index in [0.29, 0.717) is 6.04 Å². The molecular formula is C24H26N2O2. The topological polar surface area (TPSA) is 41.6 Å². The molecular weight excluding hydrogens is 348 g/mol. The number of para-hydroxylation sites is 1. The number of carbonyl (C=O) groups is 1. The van der Waals surface area contributed by atoms with Crippen LogP contribution in [0.4, 0.5) is 5.69 Å². The van der Waals surface area contributed by atoms with Crippen molar-refractivity contribution in [1.29, 1.82) is 0 Å². The fourth-order valence-corrected chi connectivity index (χ4v) is 5.70. The Kier molecular flexibility index (Phi) is 4.06. The van der Waals surface area contributed by atoms with Crippen LogP contribution < -0.4 is 5.32 Å². The summed E-state index contributed by atoms with van der Waals surface area (Å²) in [6, 6.07) is 19.6. The van der Waals surface area contributed by atoms with E-state index in [1.165, 1.54) is 18.2 Å². The van der Waals surface area contributed by atoms with E-state index in [2.05, 4.69) is 71.7 Å². The van der Waals surface area contributed by atoms with Crippen molar-refractivity contribution in [3.63, 3.8) is 0 Å². The molecule has 0 bridgehead atoms. The SMILES string of the molecule is COC(=O)C1=C2Nc3ccccc3[C@@]23CCN(Cc2ccccc2)[C@H]3C[C@H]1C. The van der Waals surface area contributed by atoms with Crippen LogP contribution >= 0.6 is 0 Å². The summed E-state index contributed by atoms with van der Waals surface area (Å²) in [5.41, 5.74) is 5.59. The number of nitrogens with one attached hydrogen (secondary N) is 1. The van der Waals surface area contributed by atoms with Gasteiger partial charge in [-0.05, 0) is 36.0 Å². The Bertz CT molecular complexity index is 952. The molecule has 1 N–H and O–H groups in total. The molecule has 1 aliphatic carbocycles. The predicted molar refractivity (Wildman–Crippen MR) is 110 cm³/mol. The van der Waals surface area contributed by atoms with E-state index in [1.807, 2.05) is 0 Å². The summed E-state index contributed by atoms with van der Waals surface area (Å²) >= 11 is 0. The van der Waals surface area contributed by atoms with Gasteiger partial charge in [0.05, 0.1) is 18.1 Å². The summed E-state index contributed by atoms with van der Waals surface area (Å²) < 4.78 is 5.18. The first-order valence-electron chi connectivity index (χ1n) is 10.1. The van der Waals surface area contributed by atoms with Gasteiger partial charge in [-0.3, -0.25) is 4.90 Å². The highest BCUT2D eigenvalue weighted by Crippen LogP contribution is 2.58. The van der Waals surface area contributed by atoms with Gasteiger partial charge in [-0.2, -0.15) is 0 Å². The molecule has 0 unspecified atom stereocenters. The highest BCUT2D eigenvalue weighted by Gasteiger charge is 2.59. The number of likely N-dealkylation sites (tertiary alicyclic amines) is 1. The van der Waals surface area contributed by atoms with Crippen molar-refractivity contribution in [2.75, 3.05) is 19.0 Å². The minimum absolute atomic E-state index is 0.137. The number of benzene rings is 2. The second-order valence-electron chi connectivity index (χ2n) is 8.28. The van der Waals surface area contributed by atoms with E-state index in [0.717, 1.165) is 42.9 Å². The number of ether oxygens (including phenoxy) is 1. The van der Waals surface area contributed by atoms with Gasteiger partial charge in [-0.15, -0.1) is 0 Å². The van der Waals surface area contributed by atoms with Crippen molar-refractivity contribution >= 4 is 11.7 Å². The maximum atomic E-state index is 12.7. The summed E-state index contributed by atoms with van der Waals surface area (Å²) in [5, 5.41) is 3.63. The summed E-state index contributed by atoms with van der Waals surface area (Å²) in [5.74, 6) is -0.0269. The van der Waals surface area contributed by atoms with Crippen molar-refractivity contribution in [3.8, 4) is 0 Å². The van der Waals surface area contributed by atoms with Crippen molar-refractivity contribution in [2.24, 2.45) is 5.92 Å². The average Bonchev–Trinajstić information content (AvgIpc) is 3.24. The molecule has 2 heterocycles. The lowest BCUT2D eigenvalue weighted by Crippen LogP contribution is -2.48. The monoisotopic (exact) mass is 374 g/mol. The van der Waals surface area contributed by atoms with E-state index in [9.17, 15) is 4.79 Å². The Hall–Kier alpha value is -2.59. The molecule has 4 nitrogen and oxygen atoms in total. The van der Waals surface area contributed by atoms with Gasteiger partial charge in [-0.1, -0.05) is 55.5 Å². The fraction of sp³-hybridized carbons (Fsp3) is 0.375. The Morgan fingerprint density at radius 3 is 2.71 bits per heavy atom. The standard InChI is InChI=1S/C24H26N2O2/c1-16-14-20-24(12-13-26(20)15-17-8-4-3-5-9-17)18-10-6-7-11-19(18)25-22(24)21(16)23(27)28-2/h3-11,16,20,25H,12-15H2,1-2H3/t16-,20+,24-/m1/s1. The quantitative estimate of drug-likeness (QED) is 0.822. The van der Waals surface area contributed by atoms with Crippen LogP contribution in [0.2, 0.25) is 0 Å². The first kappa shape index (κ1) is 17.5. The molecule has 0 aromatic heterocycles. The number of fused-ring (bicyclic) bond motifs is 1. The van der Waals surface area contributed by atoms with Crippen molar-refractivity contribution < 1.29 is 9.53 Å². The summed E-state index contributed by atoms with van der Waals surface area (Å²) in [4.78, 5) is 15.3. The highest BCUT2D eigenvalue weighted by molar-refractivity contribution is 5.93. The maximum absolute atomic E-state index is 12.7. The third kappa shape index (κ3) is 2.37.